The van der Waals surface area contributed by atoms with Crippen molar-refractivity contribution in [1.82, 2.24) is 5.32 Å². The van der Waals surface area contributed by atoms with E-state index in [0.29, 0.717) is 10.7 Å². The largest absolute Gasteiger partial charge is 0.423 e. The highest BCUT2D eigenvalue weighted by molar-refractivity contribution is 7.80. The van der Waals surface area contributed by atoms with Gasteiger partial charge in [-0.05, 0) is 74.3 Å². The third kappa shape index (κ3) is 3.94. The monoisotopic (exact) mass is 366 g/mol. The van der Waals surface area contributed by atoms with Crippen LogP contribution in [0, 0.1) is 20.8 Å². The number of hydrogen-bond donors (Lipinski definition) is 2. The highest BCUT2D eigenvalue weighted by Crippen LogP contribution is 2.21. The zero-order chi connectivity index (χ0) is 18.8. The fourth-order valence-corrected chi connectivity index (χ4v) is 3.18. The van der Waals surface area contributed by atoms with E-state index in [0.717, 1.165) is 16.6 Å². The molecule has 26 heavy (non-hydrogen) atoms. The third-order valence-corrected chi connectivity index (χ3v) is 4.81. The maximum atomic E-state index is 11.6. The van der Waals surface area contributed by atoms with E-state index in [1.54, 1.807) is 6.07 Å². The Bertz CT molecular complexity index is 1040. The van der Waals surface area contributed by atoms with Gasteiger partial charge in [-0.25, -0.2) is 4.79 Å². The Morgan fingerprint density at radius 3 is 2.50 bits per heavy atom. The van der Waals surface area contributed by atoms with Crippen LogP contribution in [-0.2, 0) is 0 Å². The molecule has 5 heteroatoms. The second-order valence-corrected chi connectivity index (χ2v) is 7.03. The Balaban J connectivity index is 1.74. The lowest BCUT2D eigenvalue weighted by Gasteiger charge is -2.18. The van der Waals surface area contributed by atoms with Gasteiger partial charge in [0.05, 0.1) is 6.04 Å². The molecule has 0 fully saturated rings. The van der Waals surface area contributed by atoms with Gasteiger partial charge in [0.2, 0.25) is 0 Å². The van der Waals surface area contributed by atoms with Crippen molar-refractivity contribution < 1.29 is 4.42 Å². The number of anilines is 1. The molecular weight excluding hydrogens is 344 g/mol. The number of hydrogen-bond acceptors (Lipinski definition) is 3. The fraction of sp³-hybridized carbons (Fsp3) is 0.238. The van der Waals surface area contributed by atoms with Gasteiger partial charge in [-0.3, -0.25) is 0 Å². The van der Waals surface area contributed by atoms with Gasteiger partial charge in [-0.15, -0.1) is 0 Å². The van der Waals surface area contributed by atoms with Crippen LogP contribution < -0.4 is 16.3 Å². The summed E-state index contributed by atoms with van der Waals surface area (Å²) in [5.74, 6) is 0. The van der Waals surface area contributed by atoms with E-state index in [-0.39, 0.29) is 11.7 Å². The Labute approximate surface area is 158 Å². The standard InChI is InChI=1S/C21H22N2O2S/c1-12-5-6-16(9-13(12)2)15(4)22-21(26)23-17-7-8-18-14(3)10-20(24)25-19(18)11-17/h5-11,15H,1-4H3,(H2,22,23,26). The van der Waals surface area contributed by atoms with E-state index in [1.807, 2.05) is 19.1 Å². The van der Waals surface area contributed by atoms with Gasteiger partial charge in [0.1, 0.15) is 5.58 Å². The van der Waals surface area contributed by atoms with E-state index in [2.05, 4.69) is 49.6 Å². The molecule has 4 nitrogen and oxygen atoms in total. The predicted octanol–water partition coefficient (Wildman–Crippen LogP) is 4.77. The van der Waals surface area contributed by atoms with Gasteiger partial charge >= 0.3 is 5.63 Å². The third-order valence-electron chi connectivity index (χ3n) is 4.59. The van der Waals surface area contributed by atoms with Crippen LogP contribution >= 0.6 is 12.2 Å². The first-order valence-electron chi connectivity index (χ1n) is 8.52. The maximum Gasteiger partial charge on any atom is 0.336 e. The van der Waals surface area contributed by atoms with Gasteiger partial charge in [0.25, 0.3) is 0 Å². The molecule has 1 atom stereocenters. The predicted molar refractivity (Wildman–Crippen MR) is 111 cm³/mol. The molecule has 2 N–H and O–H groups in total. The van der Waals surface area contributed by atoms with Crippen molar-refractivity contribution in [2.75, 3.05) is 5.32 Å². The molecule has 1 aromatic heterocycles. The molecule has 3 rings (SSSR count). The number of benzene rings is 2. The first-order valence-corrected chi connectivity index (χ1v) is 8.93. The SMILES string of the molecule is Cc1ccc(C(C)NC(=S)Nc2ccc3c(C)cc(=O)oc3c2)cc1C. The van der Waals surface area contributed by atoms with Crippen molar-refractivity contribution in [3.05, 3.63) is 75.1 Å². The zero-order valence-corrected chi connectivity index (χ0v) is 16.2. The lowest BCUT2D eigenvalue weighted by Crippen LogP contribution is -2.30. The van der Waals surface area contributed by atoms with Crippen LogP contribution in [0.5, 0.6) is 0 Å². The molecule has 0 spiro atoms. The fourth-order valence-electron chi connectivity index (χ4n) is 2.88. The number of fused-ring (bicyclic) bond motifs is 1. The molecule has 2 aromatic carbocycles. The summed E-state index contributed by atoms with van der Waals surface area (Å²) in [6, 6.07) is 13.6. The zero-order valence-electron chi connectivity index (χ0n) is 15.3. The average Bonchev–Trinajstić information content (AvgIpc) is 2.56. The molecule has 0 saturated heterocycles. The molecular formula is C21H22N2O2S. The van der Waals surface area contributed by atoms with E-state index < -0.39 is 0 Å². The van der Waals surface area contributed by atoms with Crippen LogP contribution in [-0.4, -0.2) is 5.11 Å². The first kappa shape index (κ1) is 18.1. The summed E-state index contributed by atoms with van der Waals surface area (Å²) in [7, 11) is 0. The summed E-state index contributed by atoms with van der Waals surface area (Å²) >= 11 is 5.43. The molecule has 3 aromatic rings. The van der Waals surface area contributed by atoms with Crippen LogP contribution in [0.1, 0.15) is 35.2 Å². The van der Waals surface area contributed by atoms with E-state index >= 15 is 0 Å². The highest BCUT2D eigenvalue weighted by Gasteiger charge is 2.09. The normalized spacial score (nSPS) is 12.0. The number of thiocarbonyl (C=S) groups is 1. The molecule has 1 heterocycles. The lowest BCUT2D eigenvalue weighted by atomic mass is 10.0. The molecule has 0 bridgehead atoms. The Hall–Kier alpha value is -2.66. The summed E-state index contributed by atoms with van der Waals surface area (Å²) in [4.78, 5) is 11.6. The highest BCUT2D eigenvalue weighted by atomic mass is 32.1. The summed E-state index contributed by atoms with van der Waals surface area (Å²) < 4.78 is 5.28. The minimum absolute atomic E-state index is 0.0786. The van der Waals surface area contributed by atoms with Crippen molar-refractivity contribution in [3.8, 4) is 0 Å². The number of nitrogens with one attached hydrogen (secondary N) is 2. The Morgan fingerprint density at radius 1 is 1.00 bits per heavy atom. The topological polar surface area (TPSA) is 54.3 Å². The molecule has 134 valence electrons. The molecule has 0 radical (unpaired) electrons. The molecule has 0 amide bonds. The minimum Gasteiger partial charge on any atom is -0.423 e. The van der Waals surface area contributed by atoms with Crippen molar-refractivity contribution in [1.29, 1.82) is 0 Å². The first-order chi connectivity index (χ1) is 12.3. The average molecular weight is 366 g/mol. The molecule has 1 unspecified atom stereocenters. The van der Waals surface area contributed by atoms with Gasteiger partial charge in [0, 0.05) is 23.2 Å². The second kappa shape index (κ2) is 7.30. The molecule has 0 aliphatic heterocycles. The maximum absolute atomic E-state index is 11.6. The second-order valence-electron chi connectivity index (χ2n) is 6.62. The van der Waals surface area contributed by atoms with Crippen LogP contribution in [0.2, 0.25) is 0 Å². The summed E-state index contributed by atoms with van der Waals surface area (Å²) in [5.41, 5.74) is 5.58. The lowest BCUT2D eigenvalue weighted by molar-refractivity contribution is 0.560. The van der Waals surface area contributed by atoms with E-state index in [4.69, 9.17) is 16.6 Å². The summed E-state index contributed by atoms with van der Waals surface area (Å²) in [6.07, 6.45) is 0. The van der Waals surface area contributed by atoms with Crippen LogP contribution in [0.25, 0.3) is 11.0 Å². The van der Waals surface area contributed by atoms with Crippen LogP contribution in [0.3, 0.4) is 0 Å². The van der Waals surface area contributed by atoms with E-state index in [9.17, 15) is 4.79 Å². The smallest absolute Gasteiger partial charge is 0.336 e. The molecule has 0 aliphatic carbocycles. The van der Waals surface area contributed by atoms with E-state index in [1.165, 1.54) is 22.8 Å². The molecule has 0 saturated carbocycles. The molecule has 0 aliphatic rings. The van der Waals surface area contributed by atoms with Gasteiger partial charge in [-0.2, -0.15) is 0 Å². The van der Waals surface area contributed by atoms with Crippen LogP contribution in [0.15, 0.2) is 51.7 Å². The van der Waals surface area contributed by atoms with Crippen molar-refractivity contribution in [2.24, 2.45) is 0 Å². The number of rotatable bonds is 3. The Kier molecular flexibility index (Phi) is 5.09. The van der Waals surface area contributed by atoms with Crippen molar-refractivity contribution in [3.63, 3.8) is 0 Å². The minimum atomic E-state index is -0.351. The van der Waals surface area contributed by atoms with Crippen molar-refractivity contribution in [2.45, 2.75) is 33.7 Å². The van der Waals surface area contributed by atoms with Gasteiger partial charge < -0.3 is 15.1 Å². The quantitative estimate of drug-likeness (QED) is 0.517. The van der Waals surface area contributed by atoms with Gasteiger partial charge in [0.15, 0.2) is 5.11 Å². The van der Waals surface area contributed by atoms with Crippen LogP contribution in [0.4, 0.5) is 5.69 Å². The van der Waals surface area contributed by atoms with Gasteiger partial charge in [-0.1, -0.05) is 18.2 Å². The van der Waals surface area contributed by atoms with Crippen molar-refractivity contribution >= 4 is 34.0 Å². The Morgan fingerprint density at radius 2 is 1.77 bits per heavy atom. The summed E-state index contributed by atoms with van der Waals surface area (Å²) in [5, 5.41) is 7.88. The summed E-state index contributed by atoms with van der Waals surface area (Å²) in [6.45, 7) is 8.17. The number of aryl methyl sites for hydroxylation is 3.